The van der Waals surface area contributed by atoms with Crippen molar-refractivity contribution in [2.45, 2.75) is 51.0 Å². The number of unbranched alkanes of at least 4 members (excludes halogenated alkanes) is 4. The van der Waals surface area contributed by atoms with Crippen molar-refractivity contribution in [3.8, 4) is 5.75 Å². The maximum Gasteiger partial charge on any atom is 0.327 e. The molecule has 0 radical (unpaired) electrons. The Balaban J connectivity index is 2.22. The minimum Gasteiger partial charge on any atom is -0.496 e. The van der Waals surface area contributed by atoms with Crippen molar-refractivity contribution in [2.75, 3.05) is 12.9 Å². The van der Waals surface area contributed by atoms with E-state index in [0.717, 1.165) is 12.8 Å². The number of nitrogens with one attached hydrogen (secondary N) is 1. The number of methoxy groups -OCH3 is 1. The number of para-hydroxylation sites is 1. The summed E-state index contributed by atoms with van der Waals surface area (Å²) in [6, 6.07) is 5.37. The number of carboxylic acids is 1. The van der Waals surface area contributed by atoms with Crippen LogP contribution in [0.2, 0.25) is 0 Å². The average molecular weight is 429 g/mol. The molecular weight excluding hydrogens is 402 g/mol. The minimum absolute atomic E-state index is 0.0142. The zero-order chi connectivity index (χ0) is 21.9. The van der Waals surface area contributed by atoms with Crippen LogP contribution < -0.4 is 10.1 Å². The van der Waals surface area contributed by atoms with Gasteiger partial charge in [0.1, 0.15) is 17.5 Å². The molecule has 0 saturated heterocycles. The van der Waals surface area contributed by atoms with Gasteiger partial charge in [0.25, 0.3) is 10.1 Å². The molecule has 10 heteroatoms. The second-order valence-electron chi connectivity index (χ2n) is 6.60. The predicted molar refractivity (Wildman–Crippen MR) is 106 cm³/mol. The minimum atomic E-state index is -4.51. The normalized spacial score (nSPS) is 12.2. The largest absolute Gasteiger partial charge is 0.496 e. The van der Waals surface area contributed by atoms with Crippen molar-refractivity contribution in [2.24, 2.45) is 0 Å². The Morgan fingerprint density at radius 3 is 2.21 bits per heavy atom. The third kappa shape index (κ3) is 10.0. The number of ether oxygens (including phenoxy) is 1. The van der Waals surface area contributed by atoms with E-state index >= 15 is 0 Å². The molecule has 162 valence electrons. The van der Waals surface area contributed by atoms with Gasteiger partial charge < -0.3 is 15.2 Å². The molecule has 0 spiro atoms. The zero-order valence-corrected chi connectivity index (χ0v) is 17.1. The van der Waals surface area contributed by atoms with E-state index in [1.165, 1.54) is 7.11 Å². The van der Waals surface area contributed by atoms with Crippen LogP contribution in [0.1, 0.15) is 55.3 Å². The molecule has 1 atom stereocenters. The number of hydrogen-bond acceptors (Lipinski definition) is 6. The summed E-state index contributed by atoms with van der Waals surface area (Å²) in [5.41, 5.74) is 0.560. The SMILES string of the molecule is COc1ccccc1C(=O)CCCCCCCC(=O)N[C@@H](CS(=O)(=O)O)C(=O)O. The summed E-state index contributed by atoms with van der Waals surface area (Å²) in [6.45, 7) is 0. The molecule has 29 heavy (non-hydrogen) atoms. The smallest absolute Gasteiger partial charge is 0.327 e. The molecule has 0 fully saturated rings. The summed E-state index contributed by atoms with van der Waals surface area (Å²) < 4.78 is 35.4. The highest BCUT2D eigenvalue weighted by Crippen LogP contribution is 2.20. The van der Waals surface area contributed by atoms with Crippen LogP contribution in [0.5, 0.6) is 5.75 Å². The van der Waals surface area contributed by atoms with Gasteiger partial charge in [-0.2, -0.15) is 8.42 Å². The third-order valence-corrected chi connectivity index (χ3v) is 4.98. The van der Waals surface area contributed by atoms with Crippen LogP contribution in [0.4, 0.5) is 0 Å². The molecule has 0 aliphatic carbocycles. The van der Waals surface area contributed by atoms with Crippen LogP contribution in [0.25, 0.3) is 0 Å². The number of carbonyl (C=O) groups excluding carboxylic acids is 2. The maximum absolute atomic E-state index is 12.2. The van der Waals surface area contributed by atoms with Gasteiger partial charge in [0.05, 0.1) is 12.7 Å². The fraction of sp³-hybridized carbons (Fsp3) is 0.526. The van der Waals surface area contributed by atoms with Gasteiger partial charge >= 0.3 is 5.97 Å². The van der Waals surface area contributed by atoms with Crippen molar-refractivity contribution in [1.82, 2.24) is 5.32 Å². The van der Waals surface area contributed by atoms with Crippen LogP contribution in [-0.2, 0) is 19.7 Å². The number of hydrogen-bond donors (Lipinski definition) is 3. The first kappa shape index (κ1) is 24.6. The monoisotopic (exact) mass is 429 g/mol. The Morgan fingerprint density at radius 1 is 1.03 bits per heavy atom. The first-order valence-corrected chi connectivity index (χ1v) is 10.9. The lowest BCUT2D eigenvalue weighted by Crippen LogP contribution is -2.45. The van der Waals surface area contributed by atoms with Crippen LogP contribution >= 0.6 is 0 Å². The molecule has 1 aromatic carbocycles. The molecule has 0 bridgehead atoms. The lowest BCUT2D eigenvalue weighted by Gasteiger charge is -2.12. The van der Waals surface area contributed by atoms with Crippen LogP contribution in [0, 0.1) is 0 Å². The summed E-state index contributed by atoms with van der Waals surface area (Å²) >= 11 is 0. The highest BCUT2D eigenvalue weighted by atomic mass is 32.2. The third-order valence-electron chi connectivity index (χ3n) is 4.23. The number of aliphatic carboxylic acids is 1. The number of carbonyl (C=O) groups is 3. The number of rotatable bonds is 14. The van der Waals surface area contributed by atoms with Gasteiger partial charge in [-0.15, -0.1) is 0 Å². The Hall–Kier alpha value is -2.46. The predicted octanol–water partition coefficient (Wildman–Crippen LogP) is 2.07. The van der Waals surface area contributed by atoms with Crippen LogP contribution in [0.15, 0.2) is 24.3 Å². The van der Waals surface area contributed by atoms with Crippen molar-refractivity contribution < 1.29 is 37.2 Å². The summed E-state index contributed by atoms with van der Waals surface area (Å²) in [4.78, 5) is 34.9. The average Bonchev–Trinajstić information content (AvgIpc) is 2.65. The van der Waals surface area contributed by atoms with Crippen molar-refractivity contribution in [3.05, 3.63) is 29.8 Å². The van der Waals surface area contributed by atoms with Crippen LogP contribution in [-0.4, -0.2) is 54.6 Å². The second-order valence-corrected chi connectivity index (χ2v) is 8.10. The molecule has 9 nitrogen and oxygen atoms in total. The van der Waals surface area contributed by atoms with Crippen molar-refractivity contribution >= 4 is 27.8 Å². The summed E-state index contributed by atoms with van der Waals surface area (Å²) in [7, 11) is -2.99. The molecule has 0 aromatic heterocycles. The molecule has 0 unspecified atom stereocenters. The van der Waals surface area contributed by atoms with E-state index in [2.05, 4.69) is 5.32 Å². The molecule has 0 saturated carbocycles. The van der Waals surface area contributed by atoms with Gasteiger partial charge in [0.15, 0.2) is 5.78 Å². The number of ketones is 1. The van der Waals surface area contributed by atoms with E-state index in [9.17, 15) is 22.8 Å². The molecule has 0 aliphatic rings. The topological polar surface area (TPSA) is 147 Å². The van der Waals surface area contributed by atoms with Gasteiger partial charge in [-0.3, -0.25) is 14.1 Å². The molecule has 1 aromatic rings. The lowest BCUT2D eigenvalue weighted by molar-refractivity contribution is -0.141. The van der Waals surface area contributed by atoms with Gasteiger partial charge in [-0.1, -0.05) is 31.4 Å². The Morgan fingerprint density at radius 2 is 1.62 bits per heavy atom. The van der Waals surface area contributed by atoms with E-state index in [-0.39, 0.29) is 12.2 Å². The highest BCUT2D eigenvalue weighted by Gasteiger charge is 2.25. The Labute approximate surface area is 170 Å². The van der Waals surface area contributed by atoms with Gasteiger partial charge in [-0.05, 0) is 25.0 Å². The highest BCUT2D eigenvalue weighted by molar-refractivity contribution is 7.85. The molecule has 3 N–H and O–H groups in total. The standard InChI is InChI=1S/C19H27NO8S/c1-28-17-11-8-7-9-14(17)16(21)10-5-3-2-4-6-12-18(22)20-15(19(23)24)13-29(25,26)27/h7-9,11,15H,2-6,10,12-13H2,1H3,(H,20,22)(H,23,24)(H,25,26,27)/t15-/m0/s1. The Kier molecular flexibility index (Phi) is 10.3. The first-order valence-electron chi connectivity index (χ1n) is 9.27. The van der Waals surface area contributed by atoms with E-state index in [0.29, 0.717) is 37.0 Å². The molecular formula is C19H27NO8S. The van der Waals surface area contributed by atoms with E-state index in [4.69, 9.17) is 14.4 Å². The number of carboxylic acid groups (broad SMARTS) is 1. The van der Waals surface area contributed by atoms with Crippen LogP contribution in [0.3, 0.4) is 0 Å². The maximum atomic E-state index is 12.2. The van der Waals surface area contributed by atoms with Crippen molar-refractivity contribution in [3.63, 3.8) is 0 Å². The number of Topliss-reactive ketones (excluding diaryl/α,β-unsaturated/α-hetero) is 1. The first-order chi connectivity index (χ1) is 13.6. The summed E-state index contributed by atoms with van der Waals surface area (Å²) in [5.74, 6) is -2.63. The zero-order valence-electron chi connectivity index (χ0n) is 16.3. The quantitative estimate of drug-likeness (QED) is 0.231. The van der Waals surface area contributed by atoms with E-state index in [1.807, 2.05) is 0 Å². The number of amides is 1. The second kappa shape index (κ2) is 12.2. The fourth-order valence-electron chi connectivity index (χ4n) is 2.76. The van der Waals surface area contributed by atoms with Gasteiger partial charge in [-0.25, -0.2) is 4.79 Å². The number of benzene rings is 1. The van der Waals surface area contributed by atoms with Gasteiger partial charge in [0, 0.05) is 12.8 Å². The molecule has 0 aliphatic heterocycles. The molecule has 0 heterocycles. The molecule has 1 amide bonds. The van der Waals surface area contributed by atoms with E-state index < -0.39 is 33.8 Å². The van der Waals surface area contributed by atoms with Crippen molar-refractivity contribution in [1.29, 1.82) is 0 Å². The summed E-state index contributed by atoms with van der Waals surface area (Å²) in [6.07, 6.45) is 3.99. The molecule has 1 rings (SSSR count). The fourth-order valence-corrected chi connectivity index (χ4v) is 3.41. The Bertz CT molecular complexity index is 806. The lowest BCUT2D eigenvalue weighted by atomic mass is 10.0. The van der Waals surface area contributed by atoms with E-state index in [1.54, 1.807) is 24.3 Å². The summed E-state index contributed by atoms with van der Waals surface area (Å²) in [5, 5.41) is 11.0. The van der Waals surface area contributed by atoms with Gasteiger partial charge in [0.2, 0.25) is 5.91 Å².